The highest BCUT2D eigenvalue weighted by Gasteiger charge is 2.47. The van der Waals surface area contributed by atoms with Gasteiger partial charge in [-0.1, -0.05) is 12.1 Å². The Morgan fingerprint density at radius 1 is 1.18 bits per heavy atom. The molecule has 0 radical (unpaired) electrons. The van der Waals surface area contributed by atoms with Crippen molar-refractivity contribution in [2.24, 2.45) is 0 Å². The van der Waals surface area contributed by atoms with Gasteiger partial charge in [-0.2, -0.15) is 23.4 Å². The van der Waals surface area contributed by atoms with Crippen molar-refractivity contribution in [1.29, 1.82) is 0 Å². The molecule has 14 heteroatoms. The van der Waals surface area contributed by atoms with E-state index in [1.807, 2.05) is 0 Å². The molecule has 3 N–H and O–H groups in total. The van der Waals surface area contributed by atoms with Crippen LogP contribution in [0.15, 0.2) is 59.2 Å². The fourth-order valence-corrected chi connectivity index (χ4v) is 4.46. The van der Waals surface area contributed by atoms with E-state index in [1.54, 1.807) is 49.4 Å². The topological polar surface area (TPSA) is 128 Å². The molecule has 0 spiro atoms. The molecule has 1 aromatic carbocycles. The maximum Gasteiger partial charge on any atom is 0.410 e. The highest BCUT2D eigenvalue weighted by molar-refractivity contribution is 6.02. The van der Waals surface area contributed by atoms with Gasteiger partial charge in [0.2, 0.25) is 5.91 Å². The summed E-state index contributed by atoms with van der Waals surface area (Å²) in [4.78, 5) is 25.2. The van der Waals surface area contributed by atoms with E-state index in [1.165, 1.54) is 24.1 Å². The van der Waals surface area contributed by atoms with E-state index in [4.69, 9.17) is 9.15 Å². The number of carbonyl (C=O) groups is 2. The van der Waals surface area contributed by atoms with Crippen LogP contribution in [0.1, 0.15) is 46.0 Å². The van der Waals surface area contributed by atoms with Crippen LogP contribution in [0.2, 0.25) is 0 Å². The second kappa shape index (κ2) is 10.8. The molecule has 2 amide bonds. The zero-order chi connectivity index (χ0) is 28.4. The third-order valence-electron chi connectivity index (χ3n) is 6.47. The van der Waals surface area contributed by atoms with Crippen molar-refractivity contribution in [2.75, 3.05) is 17.7 Å². The van der Waals surface area contributed by atoms with Gasteiger partial charge in [-0.25, -0.2) is 4.68 Å². The van der Waals surface area contributed by atoms with Crippen molar-refractivity contribution < 1.29 is 31.9 Å². The number of aromatic nitrogens is 4. The maximum absolute atomic E-state index is 14.0. The summed E-state index contributed by atoms with van der Waals surface area (Å²) >= 11 is 0. The predicted molar refractivity (Wildman–Crippen MR) is 137 cm³/mol. The molecule has 40 heavy (non-hydrogen) atoms. The number of alkyl halides is 3. The molecule has 210 valence electrons. The van der Waals surface area contributed by atoms with E-state index in [0.717, 1.165) is 4.68 Å². The van der Waals surface area contributed by atoms with Gasteiger partial charge in [-0.15, -0.1) is 0 Å². The number of benzene rings is 1. The van der Waals surface area contributed by atoms with Gasteiger partial charge in [0.15, 0.2) is 17.6 Å². The van der Waals surface area contributed by atoms with Gasteiger partial charge in [-0.05, 0) is 36.8 Å². The van der Waals surface area contributed by atoms with E-state index in [9.17, 15) is 22.8 Å². The number of nitrogens with one attached hydrogen (secondary N) is 3. The van der Waals surface area contributed by atoms with E-state index in [0.29, 0.717) is 22.8 Å². The highest BCUT2D eigenvalue weighted by Crippen LogP contribution is 2.44. The Morgan fingerprint density at radius 3 is 2.73 bits per heavy atom. The number of hydrogen-bond donors (Lipinski definition) is 3. The molecule has 4 heterocycles. The molecule has 1 aliphatic rings. The van der Waals surface area contributed by atoms with Crippen molar-refractivity contribution in [1.82, 2.24) is 24.9 Å². The number of furan rings is 1. The van der Waals surface area contributed by atoms with Crippen LogP contribution in [-0.4, -0.2) is 44.7 Å². The summed E-state index contributed by atoms with van der Waals surface area (Å²) in [6, 6.07) is 10.4. The van der Waals surface area contributed by atoms with E-state index in [-0.39, 0.29) is 42.7 Å². The summed E-state index contributed by atoms with van der Waals surface area (Å²) in [5, 5.41) is 16.5. The normalized spacial score (nSPS) is 16.6. The van der Waals surface area contributed by atoms with Gasteiger partial charge in [-0.3, -0.25) is 14.3 Å². The van der Waals surface area contributed by atoms with Crippen LogP contribution in [0, 0.1) is 6.92 Å². The Kier molecular flexibility index (Phi) is 7.24. The summed E-state index contributed by atoms with van der Waals surface area (Å²) in [7, 11) is 1.48. The van der Waals surface area contributed by atoms with Gasteiger partial charge >= 0.3 is 6.18 Å². The lowest BCUT2D eigenvalue weighted by molar-refractivity contribution is -0.173. The SMILES string of the molecule is COc1cccc([C@H]2C[C@@H](C(F)(F)F)n3nc(C(=O)Nc4cc(C)n(CC(=O)NCc5ccco5)n4)cc3N2)c1. The molecule has 4 aromatic rings. The summed E-state index contributed by atoms with van der Waals surface area (Å²) < 4.78 is 54.7. The van der Waals surface area contributed by atoms with Crippen molar-refractivity contribution in [3.63, 3.8) is 0 Å². The first-order valence-electron chi connectivity index (χ1n) is 12.3. The first kappa shape index (κ1) is 26.8. The number of rotatable bonds is 8. The number of aryl methyl sites for hydroxylation is 1. The minimum atomic E-state index is -4.60. The molecule has 0 aliphatic carbocycles. The summed E-state index contributed by atoms with van der Waals surface area (Å²) in [6.07, 6.45) is -3.41. The van der Waals surface area contributed by atoms with Crippen LogP contribution >= 0.6 is 0 Å². The predicted octanol–water partition coefficient (Wildman–Crippen LogP) is 4.22. The summed E-state index contributed by atoms with van der Waals surface area (Å²) in [5.41, 5.74) is 0.986. The van der Waals surface area contributed by atoms with E-state index < -0.39 is 24.2 Å². The number of amides is 2. The Bertz CT molecular complexity index is 1510. The zero-order valence-electron chi connectivity index (χ0n) is 21.5. The van der Waals surface area contributed by atoms with Crippen LogP contribution in [-0.2, 0) is 17.9 Å². The zero-order valence-corrected chi connectivity index (χ0v) is 21.5. The van der Waals surface area contributed by atoms with Crippen molar-refractivity contribution in [3.8, 4) is 5.75 Å². The monoisotopic (exact) mass is 557 g/mol. The molecule has 0 bridgehead atoms. The van der Waals surface area contributed by atoms with Gasteiger partial charge < -0.3 is 25.1 Å². The molecule has 0 unspecified atom stereocenters. The molecule has 0 saturated heterocycles. The number of nitrogens with zero attached hydrogens (tertiary/aromatic N) is 4. The third-order valence-corrected chi connectivity index (χ3v) is 6.47. The number of halogens is 3. The fourth-order valence-electron chi connectivity index (χ4n) is 4.46. The molecule has 2 atom stereocenters. The molecule has 11 nitrogen and oxygen atoms in total. The first-order chi connectivity index (χ1) is 19.1. The average molecular weight is 558 g/mol. The quantitative estimate of drug-likeness (QED) is 0.296. The van der Waals surface area contributed by atoms with Crippen molar-refractivity contribution in [3.05, 3.63) is 77.5 Å². The van der Waals surface area contributed by atoms with Crippen LogP contribution in [0.4, 0.5) is 24.8 Å². The maximum atomic E-state index is 14.0. The summed E-state index contributed by atoms with van der Waals surface area (Å²) in [6.45, 7) is 1.81. The fraction of sp³-hybridized carbons (Fsp3) is 0.308. The molecule has 0 saturated carbocycles. The number of ether oxygens (including phenoxy) is 1. The van der Waals surface area contributed by atoms with Crippen LogP contribution in [0.5, 0.6) is 5.75 Å². The highest BCUT2D eigenvalue weighted by atomic mass is 19.4. The first-order valence-corrected chi connectivity index (χ1v) is 12.3. The molecular formula is C26H26F3N7O4. The van der Waals surface area contributed by atoms with Gasteiger partial charge in [0.25, 0.3) is 5.91 Å². The van der Waals surface area contributed by atoms with Gasteiger partial charge in [0.05, 0.1) is 26.0 Å². The second-order valence-electron chi connectivity index (χ2n) is 9.26. The smallest absolute Gasteiger partial charge is 0.410 e. The van der Waals surface area contributed by atoms with Crippen molar-refractivity contribution >= 4 is 23.5 Å². The standard InChI is InChI=1S/C26H26F3N7O4/c1-15-9-22(34-35(15)14-24(37)30-13-18-7-4-8-40-18)32-25(38)20-12-23-31-19(16-5-3-6-17(10-16)39-2)11-21(26(27,28)29)36(23)33-20/h3-10,12,19,21,31H,11,13-14H2,1-2H3,(H,30,37)(H,32,34,38)/t19-,21+/m1/s1. The molecule has 3 aromatic heterocycles. The van der Waals surface area contributed by atoms with Gasteiger partial charge in [0, 0.05) is 24.2 Å². The number of anilines is 2. The number of methoxy groups -OCH3 is 1. The molecule has 0 fully saturated rings. The number of carbonyl (C=O) groups excluding carboxylic acids is 2. The largest absolute Gasteiger partial charge is 0.497 e. The Morgan fingerprint density at radius 2 is 2.00 bits per heavy atom. The second-order valence-corrected chi connectivity index (χ2v) is 9.26. The minimum absolute atomic E-state index is 0.0569. The van der Waals surface area contributed by atoms with E-state index in [2.05, 4.69) is 26.1 Å². The van der Waals surface area contributed by atoms with E-state index >= 15 is 0 Å². The Balaban J connectivity index is 1.29. The average Bonchev–Trinajstić information content (AvgIpc) is 3.67. The molecular weight excluding hydrogens is 531 g/mol. The van der Waals surface area contributed by atoms with Gasteiger partial charge in [0.1, 0.15) is 23.9 Å². The Hall–Kier alpha value is -4.75. The lowest BCUT2D eigenvalue weighted by atomic mass is 9.97. The minimum Gasteiger partial charge on any atom is -0.497 e. The molecule has 1 aliphatic heterocycles. The van der Waals surface area contributed by atoms with Crippen LogP contribution in [0.25, 0.3) is 0 Å². The Labute approximate surface area is 226 Å². The lowest BCUT2D eigenvalue weighted by Crippen LogP contribution is -2.35. The lowest BCUT2D eigenvalue weighted by Gasteiger charge is -2.33. The van der Waals surface area contributed by atoms with Crippen LogP contribution in [0.3, 0.4) is 0 Å². The van der Waals surface area contributed by atoms with Crippen LogP contribution < -0.4 is 20.7 Å². The molecule has 5 rings (SSSR count). The third kappa shape index (κ3) is 5.80. The van der Waals surface area contributed by atoms with Crippen molar-refractivity contribution in [2.45, 2.75) is 44.7 Å². The number of fused-ring (bicyclic) bond motifs is 1. The summed E-state index contributed by atoms with van der Waals surface area (Å²) in [5.74, 6) is 0.236. The number of hydrogen-bond acceptors (Lipinski definition) is 7.